The highest BCUT2D eigenvalue weighted by molar-refractivity contribution is 5.63. The highest BCUT2D eigenvalue weighted by Crippen LogP contribution is 2.27. The maximum Gasteiger partial charge on any atom is 0.229 e. The molecule has 0 fully saturated rings. The molecular formula is C15H15N9O2. The molecule has 0 saturated carbocycles. The summed E-state index contributed by atoms with van der Waals surface area (Å²) >= 11 is 0. The van der Waals surface area contributed by atoms with E-state index in [4.69, 9.17) is 15.1 Å². The van der Waals surface area contributed by atoms with Gasteiger partial charge in [-0.15, -0.1) is 5.10 Å². The molecule has 132 valence electrons. The summed E-state index contributed by atoms with van der Waals surface area (Å²) in [6.07, 6.45) is 2.87. The Hall–Kier alpha value is -3.78. The Morgan fingerprint density at radius 1 is 1.38 bits per heavy atom. The van der Waals surface area contributed by atoms with E-state index in [2.05, 4.69) is 36.1 Å². The molecule has 3 aromatic rings. The second-order valence-corrected chi connectivity index (χ2v) is 4.95. The van der Waals surface area contributed by atoms with Gasteiger partial charge >= 0.3 is 0 Å². The van der Waals surface area contributed by atoms with E-state index in [0.29, 0.717) is 34.5 Å². The number of tetrazole rings is 1. The average Bonchev–Trinajstić information content (AvgIpc) is 3.21. The zero-order valence-electron chi connectivity index (χ0n) is 13.8. The van der Waals surface area contributed by atoms with Gasteiger partial charge in [0.1, 0.15) is 41.8 Å². The number of hydrogen-bond donors (Lipinski definition) is 3. The summed E-state index contributed by atoms with van der Waals surface area (Å²) in [5, 5.41) is 35.0. The van der Waals surface area contributed by atoms with E-state index >= 15 is 0 Å². The van der Waals surface area contributed by atoms with Gasteiger partial charge < -0.3 is 20.5 Å². The Labute approximate surface area is 148 Å². The molecule has 1 aromatic carbocycles. The predicted octanol–water partition coefficient (Wildman–Crippen LogP) is 0.480. The molecule has 11 heteroatoms. The summed E-state index contributed by atoms with van der Waals surface area (Å²) in [4.78, 5) is 8.38. The van der Waals surface area contributed by atoms with Crippen LogP contribution in [-0.4, -0.2) is 55.5 Å². The van der Waals surface area contributed by atoms with Gasteiger partial charge in [0, 0.05) is 12.7 Å². The van der Waals surface area contributed by atoms with E-state index < -0.39 is 0 Å². The normalized spacial score (nSPS) is 10.2. The van der Waals surface area contributed by atoms with Crippen LogP contribution in [-0.2, 0) is 0 Å². The zero-order valence-corrected chi connectivity index (χ0v) is 13.8. The van der Waals surface area contributed by atoms with Crippen molar-refractivity contribution in [1.29, 1.82) is 5.26 Å². The van der Waals surface area contributed by atoms with E-state index in [1.54, 1.807) is 25.2 Å². The molecule has 2 heterocycles. The fraction of sp³-hybridized carbons (Fsp3) is 0.200. The van der Waals surface area contributed by atoms with Crippen LogP contribution in [0.1, 0.15) is 5.56 Å². The number of aliphatic hydroxyl groups excluding tert-OH is 1. The van der Waals surface area contributed by atoms with Crippen LogP contribution in [0.15, 0.2) is 30.7 Å². The van der Waals surface area contributed by atoms with Crippen molar-refractivity contribution in [1.82, 2.24) is 30.2 Å². The quantitative estimate of drug-likeness (QED) is 0.548. The fourth-order valence-electron chi connectivity index (χ4n) is 2.17. The summed E-state index contributed by atoms with van der Waals surface area (Å²) in [6, 6.07) is 7.25. The number of nitrogens with one attached hydrogen (secondary N) is 2. The minimum absolute atomic E-state index is 0.110. The van der Waals surface area contributed by atoms with Crippen molar-refractivity contribution < 1.29 is 9.84 Å². The minimum atomic E-state index is -0.110. The molecule has 0 aliphatic heterocycles. The fourth-order valence-corrected chi connectivity index (χ4v) is 2.17. The first-order chi connectivity index (χ1) is 12.7. The third kappa shape index (κ3) is 3.65. The van der Waals surface area contributed by atoms with Crippen LogP contribution in [0.4, 0.5) is 17.5 Å². The van der Waals surface area contributed by atoms with Gasteiger partial charge in [0.25, 0.3) is 0 Å². The van der Waals surface area contributed by atoms with Gasteiger partial charge in [0.2, 0.25) is 5.95 Å². The third-order valence-electron chi connectivity index (χ3n) is 3.31. The van der Waals surface area contributed by atoms with Crippen molar-refractivity contribution in [3.8, 4) is 17.5 Å². The highest BCUT2D eigenvalue weighted by atomic mass is 16.5. The van der Waals surface area contributed by atoms with Crippen LogP contribution in [0.25, 0.3) is 5.69 Å². The van der Waals surface area contributed by atoms with Gasteiger partial charge in [0.05, 0.1) is 12.8 Å². The maximum absolute atomic E-state index is 9.03. The molecule has 11 nitrogen and oxygen atoms in total. The minimum Gasteiger partial charge on any atom is -0.489 e. The number of ether oxygens (including phenoxy) is 1. The van der Waals surface area contributed by atoms with Crippen LogP contribution in [0.5, 0.6) is 5.75 Å². The number of anilines is 3. The van der Waals surface area contributed by atoms with Crippen molar-refractivity contribution in [3.05, 3.63) is 36.3 Å². The Bertz CT molecular complexity index is 921. The number of aliphatic hydroxyl groups is 1. The molecular weight excluding hydrogens is 338 g/mol. The first-order valence-electron chi connectivity index (χ1n) is 7.58. The van der Waals surface area contributed by atoms with Gasteiger partial charge in [-0.05, 0) is 28.6 Å². The molecule has 2 aromatic heterocycles. The third-order valence-corrected chi connectivity index (χ3v) is 3.31. The predicted molar refractivity (Wildman–Crippen MR) is 91.3 cm³/mol. The van der Waals surface area contributed by atoms with Gasteiger partial charge in [-0.1, -0.05) is 0 Å². The monoisotopic (exact) mass is 353 g/mol. The summed E-state index contributed by atoms with van der Waals surface area (Å²) < 4.78 is 6.95. The smallest absolute Gasteiger partial charge is 0.229 e. The number of aromatic nitrogens is 6. The molecule has 3 N–H and O–H groups in total. The Morgan fingerprint density at radius 2 is 2.27 bits per heavy atom. The topological polar surface area (TPSA) is 147 Å². The van der Waals surface area contributed by atoms with Crippen molar-refractivity contribution >= 4 is 17.5 Å². The summed E-state index contributed by atoms with van der Waals surface area (Å²) in [6.45, 7) is 0.0348. The maximum atomic E-state index is 9.03. The zero-order chi connectivity index (χ0) is 18.4. The summed E-state index contributed by atoms with van der Waals surface area (Å²) in [5.41, 5.74) is 1.59. The number of hydrogen-bond acceptors (Lipinski definition) is 10. The molecule has 26 heavy (non-hydrogen) atoms. The molecule has 0 aliphatic rings. The number of rotatable bonds is 7. The van der Waals surface area contributed by atoms with Crippen LogP contribution in [0, 0.1) is 11.3 Å². The van der Waals surface area contributed by atoms with Crippen molar-refractivity contribution in [2.24, 2.45) is 0 Å². The van der Waals surface area contributed by atoms with Gasteiger partial charge in [0.15, 0.2) is 0 Å². The second-order valence-electron chi connectivity index (χ2n) is 4.95. The lowest BCUT2D eigenvalue weighted by Gasteiger charge is -2.13. The Morgan fingerprint density at radius 3 is 2.96 bits per heavy atom. The van der Waals surface area contributed by atoms with Crippen LogP contribution >= 0.6 is 0 Å². The van der Waals surface area contributed by atoms with Crippen LogP contribution < -0.4 is 15.4 Å². The van der Waals surface area contributed by atoms with Gasteiger partial charge in [-0.25, -0.2) is 4.98 Å². The van der Waals surface area contributed by atoms with Crippen molar-refractivity contribution in [2.75, 3.05) is 30.9 Å². The van der Waals surface area contributed by atoms with Crippen LogP contribution in [0.3, 0.4) is 0 Å². The first kappa shape index (κ1) is 17.1. The molecule has 0 spiro atoms. The second kappa shape index (κ2) is 7.86. The Kier molecular flexibility index (Phi) is 5.16. The number of benzene rings is 1. The summed E-state index contributed by atoms with van der Waals surface area (Å²) in [5.74, 6) is 1.25. The molecule has 0 amide bonds. The van der Waals surface area contributed by atoms with E-state index in [1.807, 2.05) is 6.07 Å². The average molecular weight is 353 g/mol. The van der Waals surface area contributed by atoms with Crippen molar-refractivity contribution in [2.45, 2.75) is 0 Å². The van der Waals surface area contributed by atoms with Crippen LogP contribution in [0.2, 0.25) is 0 Å². The van der Waals surface area contributed by atoms with E-state index in [1.165, 1.54) is 17.2 Å². The molecule has 0 atom stereocenters. The SMILES string of the molecule is CNc1nc(Nc2ccc(OCCO)c(-n3cnnn3)c2)ncc1C#N. The lowest BCUT2D eigenvalue weighted by molar-refractivity contribution is 0.201. The summed E-state index contributed by atoms with van der Waals surface area (Å²) in [7, 11) is 1.68. The molecule has 0 aliphatic carbocycles. The lowest BCUT2D eigenvalue weighted by Crippen LogP contribution is -2.07. The van der Waals surface area contributed by atoms with E-state index in [9.17, 15) is 0 Å². The van der Waals surface area contributed by atoms with Gasteiger partial charge in [-0.2, -0.15) is 14.9 Å². The van der Waals surface area contributed by atoms with Gasteiger partial charge in [-0.3, -0.25) is 0 Å². The first-order valence-corrected chi connectivity index (χ1v) is 7.58. The van der Waals surface area contributed by atoms with E-state index in [0.717, 1.165) is 0 Å². The lowest BCUT2D eigenvalue weighted by atomic mass is 10.2. The number of nitrogens with zero attached hydrogens (tertiary/aromatic N) is 7. The molecule has 0 unspecified atom stereocenters. The number of nitriles is 1. The Balaban J connectivity index is 1.91. The highest BCUT2D eigenvalue weighted by Gasteiger charge is 2.11. The van der Waals surface area contributed by atoms with E-state index in [-0.39, 0.29) is 13.2 Å². The van der Waals surface area contributed by atoms with Crippen molar-refractivity contribution in [3.63, 3.8) is 0 Å². The molecule has 0 bridgehead atoms. The molecule has 0 saturated heterocycles. The molecule has 0 radical (unpaired) electrons. The standard InChI is InChI=1S/C15H15N9O2/c1-17-14-10(7-16)8-18-15(21-14)20-11-2-3-13(26-5-4-25)12(6-11)24-9-19-22-23-24/h2-3,6,8-9,25H,4-5H2,1H3,(H2,17,18,20,21). The molecule has 3 rings (SSSR count). The largest absolute Gasteiger partial charge is 0.489 e.